The van der Waals surface area contributed by atoms with Crippen LogP contribution in [0.25, 0.3) is 0 Å². The van der Waals surface area contributed by atoms with Crippen LogP contribution in [0, 0.1) is 0 Å². The molecule has 20 heavy (non-hydrogen) atoms. The van der Waals surface area contributed by atoms with E-state index in [-0.39, 0.29) is 5.91 Å². The van der Waals surface area contributed by atoms with E-state index in [2.05, 4.69) is 10.6 Å². The maximum absolute atomic E-state index is 11.8. The summed E-state index contributed by atoms with van der Waals surface area (Å²) in [5.41, 5.74) is 1.96. The Balaban J connectivity index is 2.80. The zero-order valence-corrected chi connectivity index (χ0v) is 12.2. The number of anilines is 1. The van der Waals surface area contributed by atoms with E-state index in [0.29, 0.717) is 13.0 Å². The van der Waals surface area contributed by atoms with Gasteiger partial charge in [-0.2, -0.15) is 0 Å². The van der Waals surface area contributed by atoms with Gasteiger partial charge in [-0.1, -0.05) is 12.1 Å². The minimum absolute atomic E-state index is 0.245. The molecule has 1 aromatic rings. The topological polar surface area (TPSA) is 67.4 Å². The molecule has 0 heterocycles. The van der Waals surface area contributed by atoms with Crippen molar-refractivity contribution in [2.45, 2.75) is 33.2 Å². The second-order valence-electron chi connectivity index (χ2n) is 4.44. The van der Waals surface area contributed by atoms with Gasteiger partial charge in [-0.15, -0.1) is 0 Å². The van der Waals surface area contributed by atoms with E-state index in [0.717, 1.165) is 17.8 Å². The normalized spacial score (nSPS) is 11.6. The fourth-order valence-corrected chi connectivity index (χ4v) is 1.93. The highest BCUT2D eigenvalue weighted by atomic mass is 16.5. The minimum Gasteiger partial charge on any atom is -0.464 e. The molecule has 0 radical (unpaired) electrons. The zero-order valence-electron chi connectivity index (χ0n) is 12.2. The van der Waals surface area contributed by atoms with Gasteiger partial charge in [0.15, 0.2) is 0 Å². The first-order valence-electron chi connectivity index (χ1n) is 6.83. The lowest BCUT2D eigenvalue weighted by Gasteiger charge is -2.17. The maximum atomic E-state index is 11.8. The van der Waals surface area contributed by atoms with E-state index in [4.69, 9.17) is 4.74 Å². The average Bonchev–Trinajstić information content (AvgIpc) is 2.38. The van der Waals surface area contributed by atoms with Crippen molar-refractivity contribution < 1.29 is 14.3 Å². The summed E-state index contributed by atoms with van der Waals surface area (Å²) in [7, 11) is 0. The second-order valence-corrected chi connectivity index (χ2v) is 4.44. The van der Waals surface area contributed by atoms with E-state index >= 15 is 0 Å². The predicted octanol–water partition coefficient (Wildman–Crippen LogP) is 1.73. The Morgan fingerprint density at radius 3 is 2.65 bits per heavy atom. The molecule has 1 aromatic carbocycles. The summed E-state index contributed by atoms with van der Waals surface area (Å²) < 4.78 is 4.99. The highest BCUT2D eigenvalue weighted by Crippen LogP contribution is 2.12. The highest BCUT2D eigenvalue weighted by Gasteiger charge is 2.21. The number of nitrogens with one attached hydrogen (secondary N) is 2. The van der Waals surface area contributed by atoms with Gasteiger partial charge < -0.3 is 15.4 Å². The lowest BCUT2D eigenvalue weighted by molar-refractivity contribution is -0.147. The van der Waals surface area contributed by atoms with Gasteiger partial charge in [0, 0.05) is 25.6 Å². The van der Waals surface area contributed by atoms with E-state index < -0.39 is 12.0 Å². The Labute approximate surface area is 119 Å². The zero-order chi connectivity index (χ0) is 15.0. The molecule has 2 N–H and O–H groups in total. The predicted molar refractivity (Wildman–Crippen MR) is 78.5 cm³/mol. The van der Waals surface area contributed by atoms with E-state index in [1.54, 1.807) is 6.92 Å². The molecule has 1 amide bonds. The molecule has 0 saturated carbocycles. The molecule has 0 spiro atoms. The van der Waals surface area contributed by atoms with Gasteiger partial charge in [0.25, 0.3) is 0 Å². The lowest BCUT2D eigenvalue weighted by Crippen LogP contribution is -2.42. The molecule has 0 aliphatic rings. The Morgan fingerprint density at radius 2 is 2.05 bits per heavy atom. The summed E-state index contributed by atoms with van der Waals surface area (Å²) >= 11 is 0. The lowest BCUT2D eigenvalue weighted by atomic mass is 10.1. The molecule has 0 saturated heterocycles. The summed E-state index contributed by atoms with van der Waals surface area (Å²) in [5.74, 6) is -0.651. The van der Waals surface area contributed by atoms with Crippen LogP contribution in [0.1, 0.15) is 26.3 Å². The van der Waals surface area contributed by atoms with Crippen LogP contribution in [0.4, 0.5) is 5.69 Å². The molecule has 1 unspecified atom stereocenters. The SMILES string of the molecule is CCNc1cccc(CC(NC(C)=O)C(=O)OCC)c1. The first-order valence-corrected chi connectivity index (χ1v) is 6.83. The van der Waals surface area contributed by atoms with E-state index in [1.807, 2.05) is 31.2 Å². The van der Waals surface area contributed by atoms with Crippen molar-refractivity contribution in [3.63, 3.8) is 0 Å². The fourth-order valence-electron chi connectivity index (χ4n) is 1.93. The van der Waals surface area contributed by atoms with Crippen molar-refractivity contribution in [2.24, 2.45) is 0 Å². The smallest absolute Gasteiger partial charge is 0.328 e. The maximum Gasteiger partial charge on any atom is 0.328 e. The van der Waals surface area contributed by atoms with Crippen molar-refractivity contribution in [1.29, 1.82) is 0 Å². The van der Waals surface area contributed by atoms with Crippen LogP contribution in [0.5, 0.6) is 0 Å². The van der Waals surface area contributed by atoms with Gasteiger partial charge in [-0.05, 0) is 31.5 Å². The Kier molecular flexibility index (Phi) is 6.56. The summed E-state index contributed by atoms with van der Waals surface area (Å²) in [6.07, 6.45) is 0.414. The third-order valence-electron chi connectivity index (χ3n) is 2.70. The number of esters is 1. The fraction of sp³-hybridized carbons (Fsp3) is 0.467. The van der Waals surface area contributed by atoms with Gasteiger partial charge in [0.1, 0.15) is 6.04 Å². The monoisotopic (exact) mass is 278 g/mol. The molecular weight excluding hydrogens is 256 g/mol. The van der Waals surface area contributed by atoms with Crippen molar-refractivity contribution in [2.75, 3.05) is 18.5 Å². The minimum atomic E-state index is -0.649. The molecule has 5 heteroatoms. The van der Waals surface area contributed by atoms with Crippen molar-refractivity contribution in [3.05, 3.63) is 29.8 Å². The third-order valence-corrected chi connectivity index (χ3v) is 2.70. The first kappa shape index (κ1) is 16.0. The van der Waals surface area contributed by atoms with Gasteiger partial charge >= 0.3 is 5.97 Å². The summed E-state index contributed by atoms with van der Waals surface area (Å²) in [4.78, 5) is 23.0. The first-order chi connectivity index (χ1) is 9.56. The summed E-state index contributed by atoms with van der Waals surface area (Å²) in [6.45, 7) is 6.28. The van der Waals surface area contributed by atoms with Crippen LogP contribution in [0.3, 0.4) is 0 Å². The number of carbonyl (C=O) groups excluding carboxylic acids is 2. The number of rotatable bonds is 7. The summed E-state index contributed by atoms with van der Waals surface area (Å²) in [5, 5.41) is 5.84. The van der Waals surface area contributed by atoms with Gasteiger partial charge in [-0.25, -0.2) is 4.79 Å². The molecule has 1 atom stereocenters. The number of ether oxygens (including phenoxy) is 1. The molecule has 0 aliphatic carbocycles. The highest BCUT2D eigenvalue weighted by molar-refractivity contribution is 5.83. The number of hydrogen-bond acceptors (Lipinski definition) is 4. The van der Waals surface area contributed by atoms with Crippen LogP contribution in [-0.2, 0) is 20.7 Å². The Hall–Kier alpha value is -2.04. The molecule has 5 nitrogen and oxygen atoms in total. The average molecular weight is 278 g/mol. The van der Waals surface area contributed by atoms with Crippen molar-refractivity contribution >= 4 is 17.6 Å². The number of hydrogen-bond donors (Lipinski definition) is 2. The molecular formula is C15H22N2O3. The standard InChI is InChI=1S/C15H22N2O3/c1-4-16-13-8-6-7-12(9-13)10-14(17-11(3)18)15(19)20-5-2/h6-9,14,16H,4-5,10H2,1-3H3,(H,17,18). The number of amides is 1. The van der Waals surface area contributed by atoms with Gasteiger partial charge in [0.05, 0.1) is 6.61 Å². The molecule has 110 valence electrons. The molecule has 0 aromatic heterocycles. The van der Waals surface area contributed by atoms with Crippen molar-refractivity contribution in [1.82, 2.24) is 5.32 Å². The van der Waals surface area contributed by atoms with Gasteiger partial charge in [0.2, 0.25) is 5.91 Å². The van der Waals surface area contributed by atoms with E-state index in [1.165, 1.54) is 6.92 Å². The van der Waals surface area contributed by atoms with Crippen LogP contribution in [-0.4, -0.2) is 31.1 Å². The molecule has 0 fully saturated rings. The summed E-state index contributed by atoms with van der Waals surface area (Å²) in [6, 6.07) is 7.13. The quantitative estimate of drug-likeness (QED) is 0.745. The van der Waals surface area contributed by atoms with Crippen LogP contribution in [0.2, 0.25) is 0 Å². The third kappa shape index (κ3) is 5.30. The number of benzene rings is 1. The Morgan fingerprint density at radius 1 is 1.30 bits per heavy atom. The van der Waals surface area contributed by atoms with Gasteiger partial charge in [-0.3, -0.25) is 4.79 Å². The van der Waals surface area contributed by atoms with E-state index in [9.17, 15) is 9.59 Å². The second kappa shape index (κ2) is 8.19. The number of carbonyl (C=O) groups is 2. The Bertz CT molecular complexity index is 460. The molecule has 0 aliphatic heterocycles. The van der Waals surface area contributed by atoms with Crippen molar-refractivity contribution in [3.8, 4) is 0 Å². The molecule has 1 rings (SSSR count). The largest absolute Gasteiger partial charge is 0.464 e. The van der Waals surface area contributed by atoms with Crippen LogP contribution < -0.4 is 10.6 Å². The molecule has 0 bridgehead atoms. The van der Waals surface area contributed by atoms with Crippen LogP contribution in [0.15, 0.2) is 24.3 Å². The van der Waals surface area contributed by atoms with Crippen LogP contribution >= 0.6 is 0 Å².